The first-order valence-corrected chi connectivity index (χ1v) is 5.52. The average molecular weight is 247 g/mol. The third kappa shape index (κ3) is 2.63. The Morgan fingerprint density at radius 1 is 1.29 bits per heavy atom. The van der Waals surface area contributed by atoms with Crippen LogP contribution in [0.2, 0.25) is 5.02 Å². The largest absolute Gasteiger partial charge is 0.398 e. The Hall–Kier alpha value is -1.87. The van der Waals surface area contributed by atoms with E-state index in [-0.39, 0.29) is 12.2 Å². The highest BCUT2D eigenvalue weighted by Crippen LogP contribution is 2.19. The summed E-state index contributed by atoms with van der Waals surface area (Å²) in [7, 11) is 0. The standard InChI is InChI=1S/C13H11ClN2O/c14-11-4-2-1-3-10(11)13(17)7-9-8-16-6-5-12(9)15/h1-6,8H,7H2,(H2,15,16). The Morgan fingerprint density at radius 3 is 2.76 bits per heavy atom. The summed E-state index contributed by atoms with van der Waals surface area (Å²) in [4.78, 5) is 16.0. The van der Waals surface area contributed by atoms with Crippen LogP contribution in [-0.2, 0) is 6.42 Å². The zero-order valence-electron chi connectivity index (χ0n) is 9.06. The number of nitrogens with zero attached hydrogens (tertiary/aromatic N) is 1. The van der Waals surface area contributed by atoms with Crippen molar-refractivity contribution >= 4 is 23.1 Å². The third-order valence-electron chi connectivity index (χ3n) is 2.47. The molecule has 4 heteroatoms. The van der Waals surface area contributed by atoms with E-state index in [9.17, 15) is 4.79 Å². The molecule has 0 amide bonds. The van der Waals surface area contributed by atoms with Crippen molar-refractivity contribution in [2.45, 2.75) is 6.42 Å². The summed E-state index contributed by atoms with van der Waals surface area (Å²) in [6, 6.07) is 8.65. The van der Waals surface area contributed by atoms with Crippen LogP contribution in [0.15, 0.2) is 42.7 Å². The van der Waals surface area contributed by atoms with Gasteiger partial charge in [0.1, 0.15) is 0 Å². The van der Waals surface area contributed by atoms with Gasteiger partial charge in [0.15, 0.2) is 5.78 Å². The van der Waals surface area contributed by atoms with Gasteiger partial charge in [0, 0.05) is 35.6 Å². The number of nitrogen functional groups attached to an aromatic ring is 1. The molecular weight excluding hydrogens is 236 g/mol. The van der Waals surface area contributed by atoms with E-state index in [0.717, 1.165) is 5.56 Å². The van der Waals surface area contributed by atoms with Crippen LogP contribution in [0, 0.1) is 0 Å². The molecular formula is C13H11ClN2O. The molecule has 0 aliphatic rings. The summed E-state index contributed by atoms with van der Waals surface area (Å²) in [5.74, 6) is -0.0599. The number of benzene rings is 1. The molecule has 0 saturated heterocycles. The van der Waals surface area contributed by atoms with E-state index in [4.69, 9.17) is 17.3 Å². The number of halogens is 1. The van der Waals surface area contributed by atoms with Crippen molar-refractivity contribution in [1.29, 1.82) is 0 Å². The Morgan fingerprint density at radius 2 is 2.06 bits per heavy atom. The first kappa shape index (κ1) is 11.6. The molecule has 2 N–H and O–H groups in total. The number of hydrogen-bond acceptors (Lipinski definition) is 3. The molecule has 1 aromatic heterocycles. The van der Waals surface area contributed by atoms with Crippen LogP contribution in [-0.4, -0.2) is 10.8 Å². The highest BCUT2D eigenvalue weighted by molar-refractivity contribution is 6.34. The van der Waals surface area contributed by atoms with Crippen LogP contribution in [0.1, 0.15) is 15.9 Å². The first-order chi connectivity index (χ1) is 8.18. The number of carbonyl (C=O) groups is 1. The second kappa shape index (κ2) is 4.97. The van der Waals surface area contributed by atoms with Crippen molar-refractivity contribution in [2.75, 3.05) is 5.73 Å². The molecule has 0 radical (unpaired) electrons. The van der Waals surface area contributed by atoms with Crippen molar-refractivity contribution in [2.24, 2.45) is 0 Å². The number of anilines is 1. The summed E-state index contributed by atoms with van der Waals surface area (Å²) in [5, 5.41) is 0.458. The maximum atomic E-state index is 12.0. The fourth-order valence-corrected chi connectivity index (χ4v) is 1.78. The van der Waals surface area contributed by atoms with E-state index in [1.54, 1.807) is 42.7 Å². The molecule has 0 atom stereocenters. The number of aromatic nitrogens is 1. The van der Waals surface area contributed by atoms with Crippen LogP contribution in [0.4, 0.5) is 5.69 Å². The molecule has 2 aromatic rings. The van der Waals surface area contributed by atoms with E-state index in [2.05, 4.69) is 4.98 Å². The van der Waals surface area contributed by atoms with Crippen molar-refractivity contribution in [3.05, 3.63) is 58.9 Å². The highest BCUT2D eigenvalue weighted by Gasteiger charge is 2.11. The summed E-state index contributed by atoms with van der Waals surface area (Å²) < 4.78 is 0. The lowest BCUT2D eigenvalue weighted by Crippen LogP contribution is -2.06. The fourth-order valence-electron chi connectivity index (χ4n) is 1.54. The van der Waals surface area contributed by atoms with Crippen molar-refractivity contribution < 1.29 is 4.79 Å². The number of pyridine rings is 1. The average Bonchev–Trinajstić information content (AvgIpc) is 2.32. The van der Waals surface area contributed by atoms with E-state index in [0.29, 0.717) is 16.3 Å². The minimum atomic E-state index is -0.0599. The van der Waals surface area contributed by atoms with Crippen LogP contribution >= 0.6 is 11.6 Å². The monoisotopic (exact) mass is 246 g/mol. The van der Waals surface area contributed by atoms with Crippen molar-refractivity contribution in [3.63, 3.8) is 0 Å². The molecule has 0 unspecified atom stereocenters. The molecule has 0 fully saturated rings. The van der Waals surface area contributed by atoms with Crippen LogP contribution < -0.4 is 5.73 Å². The molecule has 0 bridgehead atoms. The van der Waals surface area contributed by atoms with Gasteiger partial charge in [-0.1, -0.05) is 23.7 Å². The number of Topliss-reactive ketones (excluding diaryl/α,β-unsaturated/α-hetero) is 1. The van der Waals surface area contributed by atoms with Gasteiger partial charge in [-0.15, -0.1) is 0 Å². The zero-order chi connectivity index (χ0) is 12.3. The Balaban J connectivity index is 2.24. The van der Waals surface area contributed by atoms with Gasteiger partial charge in [0.25, 0.3) is 0 Å². The van der Waals surface area contributed by atoms with Gasteiger partial charge < -0.3 is 5.73 Å². The Bertz CT molecular complexity index is 555. The highest BCUT2D eigenvalue weighted by atomic mass is 35.5. The zero-order valence-corrected chi connectivity index (χ0v) is 9.82. The predicted molar refractivity (Wildman–Crippen MR) is 68.1 cm³/mol. The van der Waals surface area contributed by atoms with E-state index in [1.807, 2.05) is 0 Å². The third-order valence-corrected chi connectivity index (χ3v) is 2.80. The number of nitrogens with two attached hydrogens (primary N) is 1. The van der Waals surface area contributed by atoms with Crippen LogP contribution in [0.3, 0.4) is 0 Å². The summed E-state index contributed by atoms with van der Waals surface area (Å²) >= 11 is 5.96. The van der Waals surface area contributed by atoms with E-state index < -0.39 is 0 Å². The summed E-state index contributed by atoms with van der Waals surface area (Å²) in [6.07, 6.45) is 3.41. The minimum Gasteiger partial charge on any atom is -0.398 e. The van der Waals surface area contributed by atoms with Gasteiger partial charge >= 0.3 is 0 Å². The number of ketones is 1. The van der Waals surface area contributed by atoms with Crippen molar-refractivity contribution in [1.82, 2.24) is 4.98 Å². The van der Waals surface area contributed by atoms with Gasteiger partial charge in [0.2, 0.25) is 0 Å². The molecule has 17 heavy (non-hydrogen) atoms. The lowest BCUT2D eigenvalue weighted by atomic mass is 10.0. The summed E-state index contributed by atoms with van der Waals surface area (Å²) in [6.45, 7) is 0. The van der Waals surface area contributed by atoms with E-state index >= 15 is 0 Å². The molecule has 0 aliphatic heterocycles. The second-order valence-electron chi connectivity index (χ2n) is 3.65. The number of hydrogen-bond donors (Lipinski definition) is 1. The number of carbonyl (C=O) groups excluding carboxylic acids is 1. The Labute approximate surface area is 104 Å². The lowest BCUT2D eigenvalue weighted by molar-refractivity contribution is 0.0993. The smallest absolute Gasteiger partial charge is 0.168 e. The normalized spacial score (nSPS) is 10.2. The molecule has 3 nitrogen and oxygen atoms in total. The molecule has 2 rings (SSSR count). The molecule has 86 valence electrons. The summed E-state index contributed by atoms with van der Waals surface area (Å²) in [5.41, 5.74) is 7.56. The van der Waals surface area contributed by atoms with E-state index in [1.165, 1.54) is 0 Å². The SMILES string of the molecule is Nc1ccncc1CC(=O)c1ccccc1Cl. The van der Waals surface area contributed by atoms with Gasteiger partial charge in [-0.05, 0) is 18.2 Å². The van der Waals surface area contributed by atoms with Gasteiger partial charge in [-0.2, -0.15) is 0 Å². The second-order valence-corrected chi connectivity index (χ2v) is 4.06. The van der Waals surface area contributed by atoms with Crippen LogP contribution in [0.5, 0.6) is 0 Å². The van der Waals surface area contributed by atoms with Gasteiger partial charge in [0.05, 0.1) is 5.02 Å². The maximum absolute atomic E-state index is 12.0. The first-order valence-electron chi connectivity index (χ1n) is 5.14. The lowest BCUT2D eigenvalue weighted by Gasteiger charge is -2.05. The Kier molecular flexibility index (Phi) is 3.40. The molecule has 1 heterocycles. The minimum absolute atomic E-state index is 0.0599. The van der Waals surface area contributed by atoms with Gasteiger partial charge in [-0.3, -0.25) is 9.78 Å². The molecule has 0 saturated carbocycles. The van der Waals surface area contributed by atoms with Gasteiger partial charge in [-0.25, -0.2) is 0 Å². The number of rotatable bonds is 3. The topological polar surface area (TPSA) is 56.0 Å². The quantitative estimate of drug-likeness (QED) is 0.848. The molecule has 1 aromatic carbocycles. The predicted octanol–water partition coefficient (Wildman–Crippen LogP) is 2.74. The molecule has 0 spiro atoms. The maximum Gasteiger partial charge on any atom is 0.168 e. The van der Waals surface area contributed by atoms with Crippen molar-refractivity contribution in [3.8, 4) is 0 Å². The van der Waals surface area contributed by atoms with Crippen LogP contribution in [0.25, 0.3) is 0 Å². The molecule has 0 aliphatic carbocycles. The fraction of sp³-hybridized carbons (Fsp3) is 0.0769.